The van der Waals surface area contributed by atoms with Gasteiger partial charge in [-0.05, 0) is 158 Å². The quantitative estimate of drug-likeness (QED) is 0.0978. The maximum absolute atomic E-state index is 6.62. The van der Waals surface area contributed by atoms with Crippen LogP contribution in [0.15, 0.2) is 158 Å². The smallest absolute Gasteiger partial charge is 0.328 e. The summed E-state index contributed by atoms with van der Waals surface area (Å²) < 4.78 is 42.1. The van der Waals surface area contributed by atoms with Crippen LogP contribution in [-0.4, -0.2) is 62.2 Å². The zero-order valence-corrected chi connectivity index (χ0v) is 36.1. The number of hydrogen-bond acceptors (Lipinski definition) is 12. The molecule has 0 N–H and O–H groups in total. The molecule has 64 heavy (non-hydrogen) atoms. The Balaban J connectivity index is 1.19. The summed E-state index contributed by atoms with van der Waals surface area (Å²) >= 11 is 0. The molecule has 0 saturated carbocycles. The number of fused-ring (bicyclic) bond motifs is 3. The number of hydrogen-bond donors (Lipinski definition) is 0. The van der Waals surface area contributed by atoms with E-state index in [2.05, 4.69) is 16.7 Å². The van der Waals surface area contributed by atoms with Crippen LogP contribution >= 0.6 is 0 Å². The second kappa shape index (κ2) is 17.9. The first kappa shape index (κ1) is 40.9. The Bertz CT molecular complexity index is 2760. The normalized spacial score (nSPS) is 11.0. The largest absolute Gasteiger partial charge is 0.497 e. The van der Waals surface area contributed by atoms with Crippen molar-refractivity contribution in [3.63, 3.8) is 0 Å². The van der Waals surface area contributed by atoms with Crippen LogP contribution in [0.2, 0.25) is 0 Å². The number of benzene rings is 7. The molecule has 0 spiro atoms. The zero-order valence-electron chi connectivity index (χ0n) is 36.1. The van der Waals surface area contributed by atoms with E-state index in [1.165, 1.54) is 0 Å². The van der Waals surface area contributed by atoms with Crippen LogP contribution in [0.1, 0.15) is 0 Å². The van der Waals surface area contributed by atoms with Gasteiger partial charge in [0, 0.05) is 39.2 Å². The molecule has 0 radical (unpaired) electrons. The summed E-state index contributed by atoms with van der Waals surface area (Å²) in [5.41, 5.74) is 6.01. The summed E-state index contributed by atoms with van der Waals surface area (Å²) in [5.74, 6) is 5.43. The summed E-state index contributed by atoms with van der Waals surface area (Å²) in [6, 6.07) is 50.6. The molecule has 7 aromatic carbocycles. The lowest BCUT2D eigenvalue weighted by atomic mass is 10.1. The molecule has 13 heteroatoms. The highest BCUT2D eigenvalue weighted by atomic mass is 16.5. The minimum absolute atomic E-state index is 0.0582. The molecule has 0 aliphatic rings. The van der Waals surface area contributed by atoms with Crippen LogP contribution in [0.5, 0.6) is 46.3 Å². The van der Waals surface area contributed by atoms with Crippen LogP contribution in [0.3, 0.4) is 0 Å². The summed E-state index contributed by atoms with van der Waals surface area (Å²) in [4.78, 5) is 19.0. The first-order valence-corrected chi connectivity index (χ1v) is 20.3. The Hall–Kier alpha value is -8.45. The highest BCUT2D eigenvalue weighted by molar-refractivity contribution is 6.10. The van der Waals surface area contributed by atoms with Gasteiger partial charge >= 0.3 is 6.01 Å². The third-order valence-corrected chi connectivity index (χ3v) is 10.8. The molecular weight excluding hydrogens is 809 g/mol. The first-order chi connectivity index (χ1) is 31.4. The monoisotopic (exact) mass is 852 g/mol. The van der Waals surface area contributed by atoms with Gasteiger partial charge in [-0.3, -0.25) is 9.80 Å². The van der Waals surface area contributed by atoms with Crippen LogP contribution in [0, 0.1) is 0 Å². The van der Waals surface area contributed by atoms with Crippen LogP contribution in [0.25, 0.3) is 27.5 Å². The number of methoxy groups -OCH3 is 6. The summed E-state index contributed by atoms with van der Waals surface area (Å²) in [7, 11) is 9.88. The molecule has 13 nitrogen and oxygen atoms in total. The fourth-order valence-electron chi connectivity index (χ4n) is 7.55. The zero-order chi connectivity index (χ0) is 44.2. The van der Waals surface area contributed by atoms with Gasteiger partial charge < -0.3 is 37.7 Å². The average molecular weight is 853 g/mol. The fraction of sp³-hybridized carbons (Fsp3) is 0.118. The van der Waals surface area contributed by atoms with E-state index >= 15 is 0 Å². The first-order valence-electron chi connectivity index (χ1n) is 20.3. The standard InChI is InChI=1S/C51H44N6O7/c1-58-38-17-7-33(8-18-38)55(34-9-19-39(59-2)20-10-34)49-52-50(56(35-11-21-40(60-3)22-12-35)36-13-23-41(61-4)24-14-36)54-51(53-49)64-42-25-15-37(16-26-42)57-47-29-27-43(62-5)31-45(47)46-32-44(63-6)28-30-48(46)57/h7-32H,1-6H3. The Kier molecular flexibility index (Phi) is 11.4. The van der Waals surface area contributed by atoms with Crippen LogP contribution in [0.4, 0.5) is 34.6 Å². The van der Waals surface area contributed by atoms with E-state index in [0.717, 1.165) is 61.7 Å². The molecule has 0 atom stereocenters. The molecule has 2 heterocycles. The molecule has 320 valence electrons. The van der Waals surface area contributed by atoms with Gasteiger partial charge in [0.1, 0.15) is 40.2 Å². The minimum Gasteiger partial charge on any atom is -0.497 e. The van der Waals surface area contributed by atoms with Crippen LogP contribution < -0.4 is 43.0 Å². The second-order valence-corrected chi connectivity index (χ2v) is 14.4. The predicted molar refractivity (Wildman–Crippen MR) is 249 cm³/mol. The molecule has 9 aromatic rings. The lowest BCUT2D eigenvalue weighted by Gasteiger charge is -2.27. The van der Waals surface area contributed by atoms with Crippen molar-refractivity contribution in [3.05, 3.63) is 158 Å². The summed E-state index contributed by atoms with van der Waals surface area (Å²) in [6.45, 7) is 0. The summed E-state index contributed by atoms with van der Waals surface area (Å²) in [5, 5.41) is 2.07. The topological polar surface area (TPSA) is 115 Å². The number of nitrogens with zero attached hydrogens (tertiary/aromatic N) is 6. The van der Waals surface area contributed by atoms with Crippen molar-refractivity contribution in [2.75, 3.05) is 52.5 Å². The minimum atomic E-state index is 0.0582. The predicted octanol–water partition coefficient (Wildman–Crippen LogP) is 11.8. The highest BCUT2D eigenvalue weighted by Gasteiger charge is 2.24. The molecule has 0 aliphatic heterocycles. The van der Waals surface area contributed by atoms with E-state index in [1.807, 2.05) is 155 Å². The van der Waals surface area contributed by atoms with Crippen molar-refractivity contribution >= 4 is 56.5 Å². The van der Waals surface area contributed by atoms with Gasteiger partial charge in [0.25, 0.3) is 0 Å². The van der Waals surface area contributed by atoms with Gasteiger partial charge in [-0.15, -0.1) is 0 Å². The third-order valence-electron chi connectivity index (χ3n) is 10.8. The Morgan fingerprint density at radius 2 is 0.656 bits per heavy atom. The molecule has 2 aromatic heterocycles. The van der Waals surface area contributed by atoms with Gasteiger partial charge in [0.15, 0.2) is 0 Å². The molecular formula is C51H44N6O7. The van der Waals surface area contributed by atoms with E-state index in [9.17, 15) is 0 Å². The van der Waals surface area contributed by atoms with E-state index in [0.29, 0.717) is 28.7 Å². The van der Waals surface area contributed by atoms with Gasteiger partial charge in [-0.2, -0.15) is 15.0 Å². The fourth-order valence-corrected chi connectivity index (χ4v) is 7.55. The summed E-state index contributed by atoms with van der Waals surface area (Å²) in [6.07, 6.45) is 0. The van der Waals surface area contributed by atoms with Crippen molar-refractivity contribution in [1.82, 2.24) is 19.5 Å². The lowest BCUT2D eigenvalue weighted by molar-refractivity contribution is 0.414. The number of aromatic nitrogens is 4. The number of rotatable bonds is 15. The molecule has 0 aliphatic carbocycles. The van der Waals surface area contributed by atoms with E-state index in [-0.39, 0.29) is 17.9 Å². The molecule has 9 rings (SSSR count). The van der Waals surface area contributed by atoms with Gasteiger partial charge in [-0.1, -0.05) is 0 Å². The molecule has 0 bridgehead atoms. The maximum atomic E-state index is 6.62. The van der Waals surface area contributed by atoms with Crippen molar-refractivity contribution in [2.45, 2.75) is 0 Å². The lowest BCUT2D eigenvalue weighted by Crippen LogP contribution is -2.19. The molecule has 0 amide bonds. The Labute approximate surface area is 370 Å². The third kappa shape index (κ3) is 8.05. The number of ether oxygens (including phenoxy) is 7. The molecule has 0 unspecified atom stereocenters. The Morgan fingerprint density at radius 1 is 0.344 bits per heavy atom. The molecule has 0 saturated heterocycles. The molecule has 0 fully saturated rings. The highest BCUT2D eigenvalue weighted by Crippen LogP contribution is 2.41. The second-order valence-electron chi connectivity index (χ2n) is 14.4. The van der Waals surface area contributed by atoms with Crippen LogP contribution in [-0.2, 0) is 0 Å². The van der Waals surface area contributed by atoms with Gasteiger partial charge in [0.2, 0.25) is 11.9 Å². The van der Waals surface area contributed by atoms with Crippen molar-refractivity contribution in [2.24, 2.45) is 0 Å². The van der Waals surface area contributed by atoms with Crippen molar-refractivity contribution in [1.29, 1.82) is 0 Å². The van der Waals surface area contributed by atoms with Gasteiger partial charge in [0.05, 0.1) is 53.7 Å². The number of anilines is 6. The van der Waals surface area contributed by atoms with Gasteiger partial charge in [-0.25, -0.2) is 0 Å². The SMILES string of the molecule is COc1ccc(N(c2ccc(OC)cc2)c2nc(Oc3ccc(-n4c5ccc(OC)cc5c5cc(OC)ccc54)cc3)nc(N(c3ccc(OC)cc3)c3ccc(OC)cc3)n2)cc1. The van der Waals surface area contributed by atoms with E-state index in [4.69, 9.17) is 48.1 Å². The van der Waals surface area contributed by atoms with Crippen molar-refractivity contribution in [3.8, 4) is 51.9 Å². The average Bonchev–Trinajstić information content (AvgIpc) is 3.68. The van der Waals surface area contributed by atoms with E-state index < -0.39 is 0 Å². The maximum Gasteiger partial charge on any atom is 0.328 e. The van der Waals surface area contributed by atoms with Crippen molar-refractivity contribution < 1.29 is 33.2 Å². The van der Waals surface area contributed by atoms with E-state index in [1.54, 1.807) is 42.7 Å². The Morgan fingerprint density at radius 3 is 0.984 bits per heavy atom.